The van der Waals surface area contributed by atoms with Crippen LogP contribution in [-0.4, -0.2) is 44.9 Å². The van der Waals surface area contributed by atoms with Crippen molar-refractivity contribution in [2.75, 3.05) is 27.9 Å². The summed E-state index contributed by atoms with van der Waals surface area (Å²) >= 11 is 0. The van der Waals surface area contributed by atoms with Crippen LogP contribution in [0, 0.1) is 5.92 Å². The SMILES string of the molecule is COc1ccccc1CC(CNC(=O)Cc1c(OC)cccc1OC)C(=O)O. The first kappa shape index (κ1) is 21.1. The number of hydrogen-bond donors (Lipinski definition) is 2. The molecule has 0 aliphatic rings. The van der Waals surface area contributed by atoms with E-state index in [1.54, 1.807) is 24.3 Å². The lowest BCUT2D eigenvalue weighted by Crippen LogP contribution is -2.35. The number of methoxy groups -OCH3 is 3. The zero-order valence-electron chi connectivity index (χ0n) is 16.2. The number of aliphatic carboxylic acids is 1. The topological polar surface area (TPSA) is 94.1 Å². The van der Waals surface area contributed by atoms with E-state index in [1.165, 1.54) is 21.3 Å². The van der Waals surface area contributed by atoms with E-state index in [4.69, 9.17) is 14.2 Å². The summed E-state index contributed by atoms with van der Waals surface area (Å²) in [6, 6.07) is 12.5. The Hall–Kier alpha value is -3.22. The predicted molar refractivity (Wildman–Crippen MR) is 104 cm³/mol. The van der Waals surface area contributed by atoms with Gasteiger partial charge in [-0.25, -0.2) is 0 Å². The van der Waals surface area contributed by atoms with Crippen LogP contribution in [0.1, 0.15) is 11.1 Å². The molecule has 0 saturated heterocycles. The van der Waals surface area contributed by atoms with Gasteiger partial charge in [0.2, 0.25) is 5.91 Å². The number of carboxylic acid groups (broad SMARTS) is 1. The highest BCUT2D eigenvalue weighted by Crippen LogP contribution is 2.28. The molecule has 2 rings (SSSR count). The van der Waals surface area contributed by atoms with E-state index in [-0.39, 0.29) is 25.3 Å². The van der Waals surface area contributed by atoms with Gasteiger partial charge in [0.25, 0.3) is 0 Å². The van der Waals surface area contributed by atoms with Crippen LogP contribution in [0.4, 0.5) is 0 Å². The Morgan fingerprint density at radius 1 is 0.929 bits per heavy atom. The summed E-state index contributed by atoms with van der Waals surface area (Å²) in [4.78, 5) is 24.1. The number of amides is 1. The zero-order valence-corrected chi connectivity index (χ0v) is 16.2. The van der Waals surface area contributed by atoms with E-state index < -0.39 is 11.9 Å². The number of rotatable bonds is 10. The Bertz CT molecular complexity index is 798. The molecule has 150 valence electrons. The Labute approximate surface area is 164 Å². The zero-order chi connectivity index (χ0) is 20.5. The number of benzene rings is 2. The van der Waals surface area contributed by atoms with Crippen molar-refractivity contribution in [2.24, 2.45) is 5.92 Å². The minimum atomic E-state index is -0.985. The fraction of sp³-hybridized carbons (Fsp3) is 0.333. The van der Waals surface area contributed by atoms with E-state index in [1.807, 2.05) is 18.2 Å². The molecule has 0 bridgehead atoms. The smallest absolute Gasteiger partial charge is 0.308 e. The molecule has 0 spiro atoms. The maximum Gasteiger partial charge on any atom is 0.308 e. The average molecular weight is 387 g/mol. The van der Waals surface area contributed by atoms with Crippen LogP contribution in [-0.2, 0) is 22.4 Å². The lowest BCUT2D eigenvalue weighted by atomic mass is 9.98. The summed E-state index contributed by atoms with van der Waals surface area (Å²) in [7, 11) is 4.57. The summed E-state index contributed by atoms with van der Waals surface area (Å²) in [5.41, 5.74) is 1.39. The maximum atomic E-state index is 12.4. The molecule has 2 aromatic rings. The van der Waals surface area contributed by atoms with Gasteiger partial charge in [0.15, 0.2) is 0 Å². The van der Waals surface area contributed by atoms with Gasteiger partial charge in [-0.15, -0.1) is 0 Å². The van der Waals surface area contributed by atoms with Gasteiger partial charge in [0.05, 0.1) is 33.7 Å². The molecule has 0 radical (unpaired) electrons. The molecule has 0 fully saturated rings. The van der Waals surface area contributed by atoms with E-state index in [0.717, 1.165) is 5.56 Å². The van der Waals surface area contributed by atoms with Crippen LogP contribution in [0.15, 0.2) is 42.5 Å². The van der Waals surface area contributed by atoms with E-state index in [0.29, 0.717) is 22.8 Å². The van der Waals surface area contributed by atoms with Crippen molar-refractivity contribution >= 4 is 11.9 Å². The Balaban J connectivity index is 2.04. The molecule has 1 unspecified atom stereocenters. The molecule has 7 heteroatoms. The van der Waals surface area contributed by atoms with Crippen molar-refractivity contribution in [1.82, 2.24) is 5.32 Å². The molecule has 1 atom stereocenters. The van der Waals surface area contributed by atoms with Gasteiger partial charge in [-0.05, 0) is 30.2 Å². The number of para-hydroxylation sites is 1. The first-order chi connectivity index (χ1) is 13.5. The Kier molecular flexibility index (Phi) is 7.68. The summed E-state index contributed by atoms with van der Waals surface area (Å²) in [6.07, 6.45) is 0.270. The van der Waals surface area contributed by atoms with Crippen LogP contribution >= 0.6 is 0 Å². The van der Waals surface area contributed by atoms with Gasteiger partial charge < -0.3 is 24.6 Å². The van der Waals surface area contributed by atoms with Crippen molar-refractivity contribution in [3.8, 4) is 17.2 Å². The quantitative estimate of drug-likeness (QED) is 0.650. The molecular weight excluding hydrogens is 362 g/mol. The number of carbonyl (C=O) groups excluding carboxylic acids is 1. The third kappa shape index (κ3) is 5.39. The van der Waals surface area contributed by atoms with Gasteiger partial charge in [0, 0.05) is 12.1 Å². The van der Waals surface area contributed by atoms with Crippen molar-refractivity contribution in [1.29, 1.82) is 0 Å². The van der Waals surface area contributed by atoms with E-state index >= 15 is 0 Å². The lowest BCUT2D eigenvalue weighted by molar-refractivity contribution is -0.141. The van der Waals surface area contributed by atoms with Crippen molar-refractivity contribution in [3.05, 3.63) is 53.6 Å². The monoisotopic (exact) mass is 387 g/mol. The highest BCUT2D eigenvalue weighted by Gasteiger charge is 2.21. The number of carboxylic acids is 1. The summed E-state index contributed by atoms with van der Waals surface area (Å²) in [5, 5.41) is 12.2. The second-order valence-electron chi connectivity index (χ2n) is 6.17. The molecule has 7 nitrogen and oxygen atoms in total. The number of hydrogen-bond acceptors (Lipinski definition) is 5. The predicted octanol–water partition coefficient (Wildman–Crippen LogP) is 2.31. The number of nitrogens with one attached hydrogen (secondary N) is 1. The highest BCUT2D eigenvalue weighted by molar-refractivity contribution is 5.81. The summed E-state index contributed by atoms with van der Waals surface area (Å²) in [6.45, 7) is 0.00365. The largest absolute Gasteiger partial charge is 0.496 e. The molecule has 1 amide bonds. The van der Waals surface area contributed by atoms with Crippen LogP contribution in [0.3, 0.4) is 0 Å². The maximum absolute atomic E-state index is 12.4. The second-order valence-corrected chi connectivity index (χ2v) is 6.17. The number of ether oxygens (including phenoxy) is 3. The van der Waals surface area contributed by atoms with Crippen molar-refractivity contribution in [3.63, 3.8) is 0 Å². The van der Waals surface area contributed by atoms with Crippen LogP contribution in [0.5, 0.6) is 17.2 Å². The molecular formula is C21H25NO6. The van der Waals surface area contributed by atoms with Crippen LogP contribution < -0.4 is 19.5 Å². The molecule has 0 aromatic heterocycles. The first-order valence-electron chi connectivity index (χ1n) is 8.81. The molecule has 2 N–H and O–H groups in total. The molecule has 28 heavy (non-hydrogen) atoms. The molecule has 0 aliphatic heterocycles. The fourth-order valence-electron chi connectivity index (χ4n) is 2.95. The van der Waals surface area contributed by atoms with Gasteiger partial charge in [-0.3, -0.25) is 9.59 Å². The molecule has 0 saturated carbocycles. The second kappa shape index (κ2) is 10.2. The van der Waals surface area contributed by atoms with Gasteiger partial charge >= 0.3 is 5.97 Å². The number of carbonyl (C=O) groups is 2. The first-order valence-corrected chi connectivity index (χ1v) is 8.81. The normalized spacial score (nSPS) is 11.4. The van der Waals surface area contributed by atoms with Crippen LogP contribution in [0.25, 0.3) is 0 Å². The lowest BCUT2D eigenvalue weighted by Gasteiger charge is -2.16. The minimum Gasteiger partial charge on any atom is -0.496 e. The average Bonchev–Trinajstić information content (AvgIpc) is 2.71. The summed E-state index contributed by atoms with van der Waals surface area (Å²) < 4.78 is 15.9. The fourth-order valence-corrected chi connectivity index (χ4v) is 2.95. The Morgan fingerprint density at radius 2 is 1.50 bits per heavy atom. The van der Waals surface area contributed by atoms with Gasteiger partial charge in [-0.1, -0.05) is 24.3 Å². The van der Waals surface area contributed by atoms with Gasteiger partial charge in [0.1, 0.15) is 17.2 Å². The highest BCUT2D eigenvalue weighted by atomic mass is 16.5. The molecule has 0 heterocycles. The molecule has 2 aromatic carbocycles. The third-order valence-electron chi connectivity index (χ3n) is 4.42. The van der Waals surface area contributed by atoms with Crippen molar-refractivity contribution in [2.45, 2.75) is 12.8 Å². The summed E-state index contributed by atoms with van der Waals surface area (Å²) in [5.74, 6) is -0.370. The Morgan fingerprint density at radius 3 is 2.07 bits per heavy atom. The standard InChI is InChI=1S/C21H25NO6/c1-26-17-8-5-4-7-14(17)11-15(21(24)25)13-22-20(23)12-16-18(27-2)9-6-10-19(16)28-3/h4-10,15H,11-13H2,1-3H3,(H,22,23)(H,24,25). The van der Waals surface area contributed by atoms with Crippen molar-refractivity contribution < 1.29 is 28.9 Å². The minimum absolute atomic E-state index is 0.00365. The molecule has 0 aliphatic carbocycles. The van der Waals surface area contributed by atoms with E-state index in [2.05, 4.69) is 5.32 Å². The van der Waals surface area contributed by atoms with Crippen LogP contribution in [0.2, 0.25) is 0 Å². The third-order valence-corrected chi connectivity index (χ3v) is 4.42. The van der Waals surface area contributed by atoms with Gasteiger partial charge in [-0.2, -0.15) is 0 Å². The van der Waals surface area contributed by atoms with E-state index in [9.17, 15) is 14.7 Å².